The summed E-state index contributed by atoms with van der Waals surface area (Å²) in [6, 6.07) is 17.6. The Labute approximate surface area is 184 Å². The highest BCUT2D eigenvalue weighted by Gasteiger charge is 2.13. The van der Waals surface area contributed by atoms with Crippen LogP contribution in [0.5, 0.6) is 17.2 Å². The predicted molar refractivity (Wildman–Crippen MR) is 118 cm³/mol. The van der Waals surface area contributed by atoms with E-state index in [0.29, 0.717) is 22.1 Å². The molecule has 0 bridgehead atoms. The first kappa shape index (κ1) is 20.8. The molecular formula is C24H20ClFN2O3. The van der Waals surface area contributed by atoms with Gasteiger partial charge >= 0.3 is 0 Å². The summed E-state index contributed by atoms with van der Waals surface area (Å²) >= 11 is 5.79. The summed E-state index contributed by atoms with van der Waals surface area (Å²) < 4.78 is 30.5. The first-order valence-electron chi connectivity index (χ1n) is 9.52. The number of nitrogens with one attached hydrogen (secondary N) is 1. The highest BCUT2D eigenvalue weighted by Crippen LogP contribution is 2.34. The van der Waals surface area contributed by atoms with E-state index in [1.807, 2.05) is 36.5 Å². The number of H-pyrrole nitrogens is 1. The molecule has 5 nitrogen and oxygen atoms in total. The molecule has 0 saturated heterocycles. The molecule has 0 radical (unpaired) electrons. The van der Waals surface area contributed by atoms with Crippen molar-refractivity contribution in [2.75, 3.05) is 14.2 Å². The Morgan fingerprint density at radius 1 is 0.968 bits per heavy atom. The molecular weight excluding hydrogens is 419 g/mol. The van der Waals surface area contributed by atoms with Crippen molar-refractivity contribution >= 4 is 11.6 Å². The topological polar surface area (TPSA) is 56.4 Å². The van der Waals surface area contributed by atoms with Gasteiger partial charge < -0.3 is 19.2 Å². The Morgan fingerprint density at radius 2 is 1.84 bits per heavy atom. The Balaban J connectivity index is 1.55. The van der Waals surface area contributed by atoms with E-state index in [2.05, 4.69) is 9.97 Å². The molecule has 7 heteroatoms. The summed E-state index contributed by atoms with van der Waals surface area (Å²) in [6.45, 7) is 0.0773. The molecule has 4 rings (SSSR count). The number of rotatable bonds is 7. The summed E-state index contributed by atoms with van der Waals surface area (Å²) in [5.74, 6) is 2.22. The van der Waals surface area contributed by atoms with Gasteiger partial charge in [-0.15, -0.1) is 0 Å². The number of hydrogen-bond acceptors (Lipinski definition) is 4. The molecule has 158 valence electrons. The quantitative estimate of drug-likeness (QED) is 0.377. The summed E-state index contributed by atoms with van der Waals surface area (Å²) in [5.41, 5.74) is 2.86. The van der Waals surface area contributed by atoms with E-state index in [1.165, 1.54) is 6.07 Å². The summed E-state index contributed by atoms with van der Waals surface area (Å²) in [5, 5.41) is 0.347. The lowest BCUT2D eigenvalue weighted by Gasteiger charge is -2.11. The Morgan fingerprint density at radius 3 is 2.61 bits per heavy atom. The van der Waals surface area contributed by atoms with Crippen molar-refractivity contribution < 1.29 is 18.6 Å². The SMILES string of the molecule is COc1cccc(-c2nc(-c3ccc(OCc4ccc(Cl)cc4F)cc3OC)c[nH]2)c1. The highest BCUT2D eigenvalue weighted by molar-refractivity contribution is 6.30. The van der Waals surface area contributed by atoms with Gasteiger partial charge in [0.1, 0.15) is 35.5 Å². The molecule has 4 aromatic rings. The van der Waals surface area contributed by atoms with Gasteiger partial charge in [-0.05, 0) is 36.4 Å². The molecule has 0 aliphatic carbocycles. The standard InChI is InChI=1S/C24H20ClFN2O3/c1-29-18-5-3-4-15(10-18)24-27-13-22(28-24)20-9-8-19(12-23(20)30-2)31-14-16-6-7-17(25)11-21(16)26/h3-13H,14H2,1-2H3,(H,27,28). The normalized spacial score (nSPS) is 10.7. The number of ether oxygens (including phenoxy) is 3. The van der Waals surface area contributed by atoms with Crippen molar-refractivity contribution in [3.8, 4) is 39.9 Å². The van der Waals surface area contributed by atoms with Gasteiger partial charge in [-0.3, -0.25) is 0 Å². The van der Waals surface area contributed by atoms with Gasteiger partial charge in [-0.1, -0.05) is 29.8 Å². The fraction of sp³-hybridized carbons (Fsp3) is 0.125. The van der Waals surface area contributed by atoms with E-state index in [1.54, 1.807) is 38.5 Å². The van der Waals surface area contributed by atoms with Gasteiger partial charge in [0.15, 0.2) is 0 Å². The minimum absolute atomic E-state index is 0.0773. The maximum absolute atomic E-state index is 14.0. The zero-order valence-electron chi connectivity index (χ0n) is 17.0. The van der Waals surface area contributed by atoms with E-state index in [4.69, 9.17) is 25.8 Å². The maximum Gasteiger partial charge on any atom is 0.138 e. The van der Waals surface area contributed by atoms with Crippen molar-refractivity contribution in [1.82, 2.24) is 9.97 Å². The second kappa shape index (κ2) is 9.10. The number of nitrogens with zero attached hydrogens (tertiary/aromatic N) is 1. The molecule has 0 aliphatic heterocycles. The van der Waals surface area contributed by atoms with E-state index in [-0.39, 0.29) is 6.61 Å². The number of halogens is 2. The Bertz CT molecular complexity index is 1210. The van der Waals surface area contributed by atoms with Crippen LogP contribution in [0.1, 0.15) is 5.56 Å². The third-order valence-corrected chi connectivity index (χ3v) is 5.01. The third kappa shape index (κ3) is 4.64. The van der Waals surface area contributed by atoms with Crippen LogP contribution in [0.3, 0.4) is 0 Å². The third-order valence-electron chi connectivity index (χ3n) is 4.78. The first-order valence-corrected chi connectivity index (χ1v) is 9.90. The molecule has 0 amide bonds. The first-order chi connectivity index (χ1) is 15.1. The smallest absolute Gasteiger partial charge is 0.138 e. The van der Waals surface area contributed by atoms with Gasteiger partial charge in [-0.2, -0.15) is 0 Å². The predicted octanol–water partition coefficient (Wildman–Crippen LogP) is 6.13. The number of benzene rings is 3. The Hall–Kier alpha value is -3.51. The van der Waals surface area contributed by atoms with Crippen molar-refractivity contribution in [1.29, 1.82) is 0 Å². The second-order valence-corrected chi connectivity index (χ2v) is 7.19. The molecule has 31 heavy (non-hydrogen) atoms. The van der Waals surface area contributed by atoms with Crippen molar-refractivity contribution in [3.05, 3.63) is 83.3 Å². The summed E-state index contributed by atoms with van der Waals surface area (Å²) in [4.78, 5) is 7.87. The highest BCUT2D eigenvalue weighted by atomic mass is 35.5. The minimum Gasteiger partial charge on any atom is -0.497 e. The molecule has 1 N–H and O–H groups in total. The zero-order chi connectivity index (χ0) is 21.8. The van der Waals surface area contributed by atoms with E-state index in [9.17, 15) is 4.39 Å². The van der Waals surface area contributed by atoms with E-state index >= 15 is 0 Å². The Kier molecular flexibility index (Phi) is 6.09. The van der Waals surface area contributed by atoms with Crippen LogP contribution in [0.4, 0.5) is 4.39 Å². The fourth-order valence-corrected chi connectivity index (χ4v) is 3.31. The molecule has 0 spiro atoms. The minimum atomic E-state index is -0.405. The van der Waals surface area contributed by atoms with Crippen LogP contribution < -0.4 is 14.2 Å². The monoisotopic (exact) mass is 438 g/mol. The average molecular weight is 439 g/mol. The van der Waals surface area contributed by atoms with Crippen LogP contribution in [-0.4, -0.2) is 24.2 Å². The van der Waals surface area contributed by atoms with Crippen LogP contribution in [0.2, 0.25) is 5.02 Å². The van der Waals surface area contributed by atoms with Gasteiger partial charge in [0, 0.05) is 34.0 Å². The number of hydrogen-bond donors (Lipinski definition) is 1. The van der Waals surface area contributed by atoms with Crippen LogP contribution >= 0.6 is 11.6 Å². The van der Waals surface area contributed by atoms with E-state index < -0.39 is 5.82 Å². The summed E-state index contributed by atoms with van der Waals surface area (Å²) in [6.07, 6.45) is 1.82. The largest absolute Gasteiger partial charge is 0.497 e. The molecule has 0 saturated carbocycles. The maximum atomic E-state index is 14.0. The molecule has 0 aliphatic rings. The number of imidazole rings is 1. The molecule has 0 fully saturated rings. The summed E-state index contributed by atoms with van der Waals surface area (Å²) in [7, 11) is 3.21. The van der Waals surface area contributed by atoms with Gasteiger partial charge in [0.2, 0.25) is 0 Å². The van der Waals surface area contributed by atoms with Crippen LogP contribution in [0.15, 0.2) is 66.9 Å². The molecule has 1 heterocycles. The number of aromatic amines is 1. The average Bonchev–Trinajstić information content (AvgIpc) is 3.28. The van der Waals surface area contributed by atoms with Crippen molar-refractivity contribution in [3.63, 3.8) is 0 Å². The lowest BCUT2D eigenvalue weighted by Crippen LogP contribution is -1.99. The lowest BCUT2D eigenvalue weighted by molar-refractivity contribution is 0.297. The van der Waals surface area contributed by atoms with E-state index in [0.717, 1.165) is 28.4 Å². The van der Waals surface area contributed by atoms with Crippen LogP contribution in [0, 0.1) is 5.82 Å². The molecule has 1 aromatic heterocycles. The second-order valence-electron chi connectivity index (χ2n) is 6.75. The molecule has 0 unspecified atom stereocenters. The van der Waals surface area contributed by atoms with Crippen molar-refractivity contribution in [2.24, 2.45) is 0 Å². The molecule has 3 aromatic carbocycles. The zero-order valence-corrected chi connectivity index (χ0v) is 17.7. The van der Waals surface area contributed by atoms with Crippen molar-refractivity contribution in [2.45, 2.75) is 6.61 Å². The number of aromatic nitrogens is 2. The van der Waals surface area contributed by atoms with Gasteiger partial charge in [0.25, 0.3) is 0 Å². The van der Waals surface area contributed by atoms with Gasteiger partial charge in [-0.25, -0.2) is 9.37 Å². The van der Waals surface area contributed by atoms with Crippen LogP contribution in [0.25, 0.3) is 22.6 Å². The fourth-order valence-electron chi connectivity index (χ4n) is 3.15. The van der Waals surface area contributed by atoms with Gasteiger partial charge in [0.05, 0.1) is 19.9 Å². The van der Waals surface area contributed by atoms with Crippen LogP contribution in [-0.2, 0) is 6.61 Å². The number of methoxy groups -OCH3 is 2. The lowest BCUT2D eigenvalue weighted by atomic mass is 10.1. The molecule has 0 atom stereocenters.